The summed E-state index contributed by atoms with van der Waals surface area (Å²) in [4.78, 5) is 3.43. The molecule has 1 saturated heterocycles. The molecule has 0 bridgehead atoms. The largest absolute Gasteiger partial charge is 0.497 e. The van der Waals surface area contributed by atoms with Crippen LogP contribution in [0.15, 0.2) is 42.5 Å². The number of benzene rings is 2. The number of ether oxygens (including phenoxy) is 1. The van der Waals surface area contributed by atoms with Crippen molar-refractivity contribution in [1.82, 2.24) is 4.57 Å². The zero-order valence-electron chi connectivity index (χ0n) is 17.3. The van der Waals surface area contributed by atoms with Crippen molar-refractivity contribution in [2.24, 2.45) is 7.05 Å². The highest BCUT2D eigenvalue weighted by Crippen LogP contribution is 2.32. The SMILES string of the molecule is COc1ccc2c(c1)c([C@H](O)C[NH+]1CCN(c3ccccc3F)CC1)c(C)n2C. The summed E-state index contributed by atoms with van der Waals surface area (Å²) < 4.78 is 21.6. The minimum absolute atomic E-state index is 0.170. The molecular weight excluding hydrogens is 369 g/mol. The smallest absolute Gasteiger partial charge is 0.146 e. The second kappa shape index (κ2) is 8.05. The van der Waals surface area contributed by atoms with Gasteiger partial charge in [-0.2, -0.15) is 0 Å². The summed E-state index contributed by atoms with van der Waals surface area (Å²) in [5.41, 5.74) is 3.82. The van der Waals surface area contributed by atoms with E-state index in [4.69, 9.17) is 4.74 Å². The Labute approximate surface area is 170 Å². The Balaban J connectivity index is 1.49. The van der Waals surface area contributed by atoms with E-state index in [2.05, 4.69) is 16.4 Å². The molecule has 1 aliphatic heterocycles. The van der Waals surface area contributed by atoms with Crippen LogP contribution >= 0.6 is 0 Å². The molecule has 29 heavy (non-hydrogen) atoms. The van der Waals surface area contributed by atoms with Crippen molar-refractivity contribution in [2.75, 3.05) is 44.7 Å². The van der Waals surface area contributed by atoms with Crippen molar-refractivity contribution in [3.05, 3.63) is 59.5 Å². The lowest BCUT2D eigenvalue weighted by atomic mass is 10.0. The fourth-order valence-electron chi connectivity index (χ4n) is 4.48. The van der Waals surface area contributed by atoms with Gasteiger partial charge in [-0.25, -0.2) is 4.39 Å². The lowest BCUT2D eigenvalue weighted by Gasteiger charge is -2.34. The molecule has 0 radical (unpaired) electrons. The number of hydrogen-bond donors (Lipinski definition) is 2. The molecule has 6 heteroatoms. The third kappa shape index (κ3) is 3.70. The fourth-order valence-corrected chi connectivity index (χ4v) is 4.48. The number of quaternary nitrogens is 1. The number of aliphatic hydroxyl groups is 1. The summed E-state index contributed by atoms with van der Waals surface area (Å²) in [6.07, 6.45) is -0.555. The standard InChI is InChI=1S/C23H28FN3O2/c1-16-23(18-14-17(29-3)8-9-20(18)25(16)2)22(28)15-26-10-12-27(13-11-26)21-7-5-4-6-19(21)24/h4-9,14,22,28H,10-13,15H2,1-3H3/p+1/t22-/m1/s1. The van der Waals surface area contributed by atoms with Gasteiger partial charge in [0, 0.05) is 29.2 Å². The van der Waals surface area contributed by atoms with Gasteiger partial charge in [-0.3, -0.25) is 0 Å². The number of methoxy groups -OCH3 is 1. The number of halogens is 1. The number of fused-ring (bicyclic) bond motifs is 1. The highest BCUT2D eigenvalue weighted by atomic mass is 19.1. The van der Waals surface area contributed by atoms with Crippen LogP contribution in [0, 0.1) is 12.7 Å². The third-order valence-electron chi connectivity index (χ3n) is 6.23. The zero-order chi connectivity index (χ0) is 20.5. The van der Waals surface area contributed by atoms with Gasteiger partial charge in [0.2, 0.25) is 0 Å². The first-order valence-corrected chi connectivity index (χ1v) is 10.1. The van der Waals surface area contributed by atoms with Gasteiger partial charge in [0.15, 0.2) is 0 Å². The van der Waals surface area contributed by atoms with Gasteiger partial charge in [-0.1, -0.05) is 12.1 Å². The third-order valence-corrected chi connectivity index (χ3v) is 6.23. The number of nitrogens with zero attached hydrogens (tertiary/aromatic N) is 2. The predicted molar refractivity (Wildman–Crippen MR) is 113 cm³/mol. The van der Waals surface area contributed by atoms with E-state index >= 15 is 0 Å². The lowest BCUT2D eigenvalue weighted by Crippen LogP contribution is -3.15. The van der Waals surface area contributed by atoms with Gasteiger partial charge in [0.25, 0.3) is 0 Å². The molecule has 1 atom stereocenters. The van der Waals surface area contributed by atoms with Crippen LogP contribution in [0.3, 0.4) is 0 Å². The summed E-state index contributed by atoms with van der Waals surface area (Å²) in [5.74, 6) is 0.624. The number of nitrogens with one attached hydrogen (secondary N) is 1. The highest BCUT2D eigenvalue weighted by molar-refractivity contribution is 5.87. The molecule has 0 amide bonds. The molecule has 1 aromatic heterocycles. The van der Waals surface area contributed by atoms with E-state index in [9.17, 15) is 9.50 Å². The average molecular weight is 399 g/mol. The molecule has 5 nitrogen and oxygen atoms in total. The maximum Gasteiger partial charge on any atom is 0.146 e. The van der Waals surface area contributed by atoms with Crippen molar-refractivity contribution >= 4 is 16.6 Å². The molecule has 2 N–H and O–H groups in total. The minimum Gasteiger partial charge on any atom is -0.497 e. The molecule has 2 aromatic carbocycles. The Morgan fingerprint density at radius 2 is 1.90 bits per heavy atom. The van der Waals surface area contributed by atoms with Crippen molar-refractivity contribution in [3.63, 3.8) is 0 Å². The van der Waals surface area contributed by atoms with E-state index in [1.807, 2.05) is 37.4 Å². The number of aliphatic hydroxyl groups excluding tert-OH is 1. The van der Waals surface area contributed by atoms with Crippen LogP contribution in [-0.2, 0) is 7.05 Å². The van der Waals surface area contributed by atoms with E-state index in [1.165, 1.54) is 11.0 Å². The number of aromatic nitrogens is 1. The second-order valence-corrected chi connectivity index (χ2v) is 7.85. The van der Waals surface area contributed by atoms with E-state index in [-0.39, 0.29) is 5.82 Å². The number of anilines is 1. The van der Waals surface area contributed by atoms with E-state index < -0.39 is 6.10 Å². The summed E-state index contributed by atoms with van der Waals surface area (Å²) in [6.45, 7) is 6.01. The Kier molecular flexibility index (Phi) is 5.48. The van der Waals surface area contributed by atoms with Gasteiger partial charge in [0.1, 0.15) is 24.2 Å². The van der Waals surface area contributed by atoms with Crippen molar-refractivity contribution in [2.45, 2.75) is 13.0 Å². The van der Waals surface area contributed by atoms with Crippen LogP contribution < -0.4 is 14.5 Å². The van der Waals surface area contributed by atoms with E-state index in [0.717, 1.165) is 54.1 Å². The molecular formula is C23H29FN3O2+. The molecule has 154 valence electrons. The maximum absolute atomic E-state index is 14.1. The molecule has 0 unspecified atom stereocenters. The topological polar surface area (TPSA) is 42.1 Å². The van der Waals surface area contributed by atoms with Crippen LogP contribution in [0.2, 0.25) is 0 Å². The van der Waals surface area contributed by atoms with E-state index in [1.54, 1.807) is 13.2 Å². The molecule has 2 heterocycles. The summed E-state index contributed by atoms with van der Waals surface area (Å²) >= 11 is 0. The normalized spacial score (nSPS) is 16.4. The summed E-state index contributed by atoms with van der Waals surface area (Å²) in [5, 5.41) is 12.1. The van der Waals surface area contributed by atoms with Gasteiger partial charge in [-0.05, 0) is 37.3 Å². The van der Waals surface area contributed by atoms with E-state index in [0.29, 0.717) is 12.2 Å². The minimum atomic E-state index is -0.555. The summed E-state index contributed by atoms with van der Waals surface area (Å²) in [7, 11) is 3.69. The van der Waals surface area contributed by atoms with Gasteiger partial charge < -0.3 is 24.2 Å². The lowest BCUT2D eigenvalue weighted by molar-refractivity contribution is -0.904. The molecule has 1 fully saturated rings. The summed E-state index contributed by atoms with van der Waals surface area (Å²) in [6, 6.07) is 12.9. The Hall–Kier alpha value is -2.57. The van der Waals surface area contributed by atoms with Crippen molar-refractivity contribution in [1.29, 1.82) is 0 Å². The maximum atomic E-state index is 14.1. The molecule has 1 aliphatic rings. The Morgan fingerprint density at radius 3 is 2.59 bits per heavy atom. The molecule has 0 saturated carbocycles. The molecule has 3 aromatic rings. The van der Waals surface area contributed by atoms with Crippen LogP contribution in [0.5, 0.6) is 5.75 Å². The Morgan fingerprint density at radius 1 is 1.17 bits per heavy atom. The average Bonchev–Trinajstić information content (AvgIpc) is 2.99. The first-order valence-electron chi connectivity index (χ1n) is 10.1. The van der Waals surface area contributed by atoms with Crippen molar-refractivity contribution < 1.29 is 19.1 Å². The highest BCUT2D eigenvalue weighted by Gasteiger charge is 2.27. The first kappa shape index (κ1) is 19.7. The molecule has 0 aliphatic carbocycles. The van der Waals surface area contributed by atoms with Gasteiger partial charge in [-0.15, -0.1) is 0 Å². The number of aryl methyl sites for hydroxylation is 1. The molecule has 4 rings (SSSR count). The second-order valence-electron chi connectivity index (χ2n) is 7.85. The van der Waals surface area contributed by atoms with Gasteiger partial charge in [0.05, 0.1) is 39.0 Å². The number of rotatable bonds is 5. The number of piperazine rings is 1. The monoisotopic (exact) mass is 398 g/mol. The van der Waals surface area contributed by atoms with Crippen molar-refractivity contribution in [3.8, 4) is 5.75 Å². The van der Waals surface area contributed by atoms with Gasteiger partial charge >= 0.3 is 0 Å². The van der Waals surface area contributed by atoms with Crippen LogP contribution in [0.1, 0.15) is 17.4 Å². The first-order chi connectivity index (χ1) is 14.0. The Bertz CT molecular complexity index is 1010. The number of hydrogen-bond acceptors (Lipinski definition) is 3. The zero-order valence-corrected chi connectivity index (χ0v) is 17.3. The predicted octanol–water partition coefficient (Wildman–Crippen LogP) is 2.07. The molecule has 0 spiro atoms. The van der Waals surface area contributed by atoms with Crippen LogP contribution in [-0.4, -0.2) is 49.5 Å². The fraction of sp³-hybridized carbons (Fsp3) is 0.391. The van der Waals surface area contributed by atoms with Crippen LogP contribution in [0.25, 0.3) is 10.9 Å². The van der Waals surface area contributed by atoms with Crippen LogP contribution in [0.4, 0.5) is 10.1 Å². The quantitative estimate of drug-likeness (QED) is 0.692. The number of para-hydroxylation sites is 1.